The first kappa shape index (κ1) is 13.6. The molecule has 2 N–H and O–H groups in total. The van der Waals surface area contributed by atoms with Gasteiger partial charge in [0, 0.05) is 16.6 Å². The van der Waals surface area contributed by atoms with Gasteiger partial charge in [-0.05, 0) is 18.2 Å². The van der Waals surface area contributed by atoms with Crippen molar-refractivity contribution in [1.29, 1.82) is 0 Å². The fourth-order valence-corrected chi connectivity index (χ4v) is 1.33. The van der Waals surface area contributed by atoms with Crippen molar-refractivity contribution in [3.05, 3.63) is 28.2 Å². The molecule has 0 saturated heterocycles. The maximum absolute atomic E-state index is 11.9. The molecule has 14 heavy (non-hydrogen) atoms. The van der Waals surface area contributed by atoms with Crippen LogP contribution in [0.5, 0.6) is 5.75 Å². The second-order valence-electron chi connectivity index (χ2n) is 2.33. The molecule has 1 aromatic carbocycles. The summed E-state index contributed by atoms with van der Waals surface area (Å²) in [4.78, 5) is 0. The molecule has 1 rings (SSSR count). The molecule has 80 valence electrons. The molecule has 0 aliphatic carbocycles. The highest BCUT2D eigenvalue weighted by Crippen LogP contribution is 2.24. The molecule has 0 heterocycles. The maximum atomic E-state index is 11.9. The Morgan fingerprint density at radius 3 is 2.57 bits per heavy atom. The molecule has 0 aliphatic heterocycles. The summed E-state index contributed by atoms with van der Waals surface area (Å²) < 4.78 is 28.8. The molecule has 0 aliphatic rings. The van der Waals surface area contributed by atoms with Gasteiger partial charge in [0.1, 0.15) is 5.75 Å². The monoisotopic (exact) mass is 287 g/mol. The minimum Gasteiger partial charge on any atom is -0.434 e. The van der Waals surface area contributed by atoms with E-state index in [4.69, 9.17) is 5.73 Å². The predicted molar refractivity (Wildman–Crippen MR) is 55.9 cm³/mol. The van der Waals surface area contributed by atoms with E-state index in [1.807, 2.05) is 0 Å². The number of nitrogens with two attached hydrogens (primary N) is 1. The fourth-order valence-electron chi connectivity index (χ4n) is 0.918. The van der Waals surface area contributed by atoms with Crippen LogP contribution in [0.1, 0.15) is 5.56 Å². The molecule has 0 radical (unpaired) electrons. The van der Waals surface area contributed by atoms with Gasteiger partial charge in [0.25, 0.3) is 0 Å². The van der Waals surface area contributed by atoms with Gasteiger partial charge < -0.3 is 10.5 Å². The van der Waals surface area contributed by atoms with Crippen LogP contribution in [0.4, 0.5) is 8.78 Å². The van der Waals surface area contributed by atoms with E-state index in [2.05, 4.69) is 20.7 Å². The summed E-state index contributed by atoms with van der Waals surface area (Å²) in [6.07, 6.45) is 0. The maximum Gasteiger partial charge on any atom is 0.387 e. The lowest BCUT2D eigenvalue weighted by atomic mass is 10.2. The molecular weight excluding hydrogens is 279 g/mol. The summed E-state index contributed by atoms with van der Waals surface area (Å²) in [6.45, 7) is -2.65. The highest BCUT2D eigenvalue weighted by molar-refractivity contribution is 9.10. The molecule has 0 aromatic heterocycles. The second kappa shape index (κ2) is 6.16. The highest BCUT2D eigenvalue weighted by Gasteiger charge is 2.08. The van der Waals surface area contributed by atoms with Crippen LogP contribution >= 0.6 is 28.3 Å². The van der Waals surface area contributed by atoms with Crippen LogP contribution in [-0.2, 0) is 6.54 Å². The molecule has 0 amide bonds. The molecular formula is C8H9BrClF2NO. The average Bonchev–Trinajstić information content (AvgIpc) is 2.07. The Labute approximate surface area is 95.0 Å². The number of hydrogen-bond donors (Lipinski definition) is 1. The topological polar surface area (TPSA) is 35.2 Å². The van der Waals surface area contributed by atoms with Gasteiger partial charge in [0.05, 0.1) is 0 Å². The second-order valence-corrected chi connectivity index (χ2v) is 3.25. The Kier molecular flexibility index (Phi) is 5.99. The van der Waals surface area contributed by atoms with Gasteiger partial charge in [-0.2, -0.15) is 8.78 Å². The van der Waals surface area contributed by atoms with E-state index in [0.29, 0.717) is 5.56 Å². The zero-order valence-corrected chi connectivity index (χ0v) is 9.45. The average molecular weight is 289 g/mol. The third-order valence-corrected chi connectivity index (χ3v) is 1.95. The van der Waals surface area contributed by atoms with Gasteiger partial charge in [-0.3, -0.25) is 0 Å². The van der Waals surface area contributed by atoms with Crippen LogP contribution in [0.25, 0.3) is 0 Å². The van der Waals surface area contributed by atoms with Crippen LogP contribution in [0.2, 0.25) is 0 Å². The number of rotatable bonds is 3. The Hall–Kier alpha value is -0.390. The Bertz CT molecular complexity index is 299. The van der Waals surface area contributed by atoms with E-state index < -0.39 is 6.61 Å². The first-order valence-electron chi connectivity index (χ1n) is 3.57. The zero-order valence-electron chi connectivity index (χ0n) is 7.04. The SMILES string of the molecule is Cl.NCc1cc(Br)ccc1OC(F)F. The summed E-state index contributed by atoms with van der Waals surface area (Å²) in [7, 11) is 0. The van der Waals surface area contributed by atoms with Crippen LogP contribution in [0.15, 0.2) is 22.7 Å². The minimum absolute atomic E-state index is 0. The largest absolute Gasteiger partial charge is 0.434 e. The number of ether oxygens (including phenoxy) is 1. The van der Waals surface area contributed by atoms with Gasteiger partial charge >= 0.3 is 6.61 Å². The quantitative estimate of drug-likeness (QED) is 0.928. The van der Waals surface area contributed by atoms with Crippen molar-refractivity contribution in [3.8, 4) is 5.75 Å². The third kappa shape index (κ3) is 3.77. The molecule has 0 unspecified atom stereocenters. The molecule has 0 bridgehead atoms. The van der Waals surface area contributed by atoms with Gasteiger partial charge in [-0.25, -0.2) is 0 Å². The first-order chi connectivity index (χ1) is 6.13. The molecule has 2 nitrogen and oxygen atoms in total. The number of hydrogen-bond acceptors (Lipinski definition) is 2. The standard InChI is InChI=1S/C8H8BrF2NO.ClH/c9-6-1-2-7(13-8(10)11)5(3-6)4-12;/h1-3,8H,4,12H2;1H. The molecule has 0 saturated carbocycles. The lowest BCUT2D eigenvalue weighted by molar-refractivity contribution is -0.0504. The lowest BCUT2D eigenvalue weighted by Crippen LogP contribution is -2.06. The predicted octanol–water partition coefficient (Wildman–Crippen LogP) is 2.93. The van der Waals surface area contributed by atoms with E-state index >= 15 is 0 Å². The number of halogens is 4. The van der Waals surface area contributed by atoms with Crippen molar-refractivity contribution in [2.24, 2.45) is 5.73 Å². The van der Waals surface area contributed by atoms with Crippen molar-refractivity contribution in [2.45, 2.75) is 13.2 Å². The van der Waals surface area contributed by atoms with Crippen molar-refractivity contribution < 1.29 is 13.5 Å². The van der Waals surface area contributed by atoms with E-state index in [1.54, 1.807) is 12.1 Å². The summed E-state index contributed by atoms with van der Waals surface area (Å²) >= 11 is 3.20. The smallest absolute Gasteiger partial charge is 0.387 e. The summed E-state index contributed by atoms with van der Waals surface area (Å²) in [5, 5.41) is 0. The number of benzene rings is 1. The minimum atomic E-state index is -2.81. The van der Waals surface area contributed by atoms with E-state index in [9.17, 15) is 8.78 Å². The normalized spacial score (nSPS) is 9.79. The molecule has 0 spiro atoms. The van der Waals surface area contributed by atoms with Crippen LogP contribution in [0.3, 0.4) is 0 Å². The van der Waals surface area contributed by atoms with Gasteiger partial charge in [0.2, 0.25) is 0 Å². The molecule has 1 aromatic rings. The Morgan fingerprint density at radius 1 is 1.43 bits per heavy atom. The van der Waals surface area contributed by atoms with Crippen molar-refractivity contribution in [3.63, 3.8) is 0 Å². The number of alkyl halides is 2. The fraction of sp³-hybridized carbons (Fsp3) is 0.250. The van der Waals surface area contributed by atoms with Gasteiger partial charge in [0.15, 0.2) is 0 Å². The zero-order chi connectivity index (χ0) is 9.84. The third-order valence-electron chi connectivity index (χ3n) is 1.46. The van der Waals surface area contributed by atoms with Crippen LogP contribution in [0, 0.1) is 0 Å². The van der Waals surface area contributed by atoms with E-state index in [1.165, 1.54) is 6.07 Å². The summed E-state index contributed by atoms with van der Waals surface area (Å²) in [5.41, 5.74) is 5.90. The van der Waals surface area contributed by atoms with Gasteiger partial charge in [-0.1, -0.05) is 15.9 Å². The van der Waals surface area contributed by atoms with E-state index in [0.717, 1.165) is 4.47 Å². The molecule has 6 heteroatoms. The van der Waals surface area contributed by atoms with Crippen LogP contribution in [-0.4, -0.2) is 6.61 Å². The van der Waals surface area contributed by atoms with E-state index in [-0.39, 0.29) is 24.7 Å². The molecule has 0 fully saturated rings. The summed E-state index contributed by atoms with van der Waals surface area (Å²) in [6, 6.07) is 4.73. The summed E-state index contributed by atoms with van der Waals surface area (Å²) in [5.74, 6) is 0.126. The van der Waals surface area contributed by atoms with Crippen molar-refractivity contribution in [1.82, 2.24) is 0 Å². The Morgan fingerprint density at radius 2 is 2.07 bits per heavy atom. The van der Waals surface area contributed by atoms with Crippen molar-refractivity contribution >= 4 is 28.3 Å². The van der Waals surface area contributed by atoms with Crippen molar-refractivity contribution in [2.75, 3.05) is 0 Å². The van der Waals surface area contributed by atoms with Crippen LogP contribution < -0.4 is 10.5 Å². The first-order valence-corrected chi connectivity index (χ1v) is 4.36. The highest BCUT2D eigenvalue weighted by atomic mass is 79.9. The molecule has 0 atom stereocenters. The van der Waals surface area contributed by atoms with Gasteiger partial charge in [-0.15, -0.1) is 12.4 Å². The lowest BCUT2D eigenvalue weighted by Gasteiger charge is -2.09. The Balaban J connectivity index is 0.00000169.